The van der Waals surface area contributed by atoms with Crippen molar-refractivity contribution in [2.24, 2.45) is 11.1 Å². The maximum atomic E-state index is 12.1. The number of anilines is 1. The summed E-state index contributed by atoms with van der Waals surface area (Å²) in [5.41, 5.74) is 7.48. The van der Waals surface area contributed by atoms with Crippen LogP contribution >= 0.6 is 31.9 Å². The van der Waals surface area contributed by atoms with Crippen LogP contribution in [-0.4, -0.2) is 11.9 Å². The average molecular weight is 378 g/mol. The van der Waals surface area contributed by atoms with Crippen LogP contribution in [-0.2, 0) is 4.79 Å². The zero-order valence-electron chi connectivity index (χ0n) is 11.0. The van der Waals surface area contributed by atoms with Gasteiger partial charge in [0.05, 0.1) is 11.7 Å². The van der Waals surface area contributed by atoms with E-state index in [1.165, 1.54) is 0 Å². The molecule has 0 saturated heterocycles. The van der Waals surface area contributed by atoms with E-state index in [0.717, 1.165) is 14.5 Å². The van der Waals surface area contributed by atoms with Gasteiger partial charge in [0, 0.05) is 8.95 Å². The zero-order valence-corrected chi connectivity index (χ0v) is 14.1. The summed E-state index contributed by atoms with van der Waals surface area (Å²) in [6, 6.07) is 3.34. The van der Waals surface area contributed by atoms with Crippen molar-refractivity contribution in [3.63, 3.8) is 0 Å². The molecule has 0 aliphatic rings. The summed E-state index contributed by atoms with van der Waals surface area (Å²) in [6.45, 7) is 7.81. The summed E-state index contributed by atoms with van der Waals surface area (Å²) in [7, 11) is 0. The second-order valence-electron chi connectivity index (χ2n) is 5.44. The van der Waals surface area contributed by atoms with Gasteiger partial charge in [-0.3, -0.25) is 4.79 Å². The van der Waals surface area contributed by atoms with Gasteiger partial charge >= 0.3 is 0 Å². The molecule has 0 aliphatic carbocycles. The smallest absolute Gasteiger partial charge is 0.241 e. The second-order valence-corrected chi connectivity index (χ2v) is 7.15. The second kappa shape index (κ2) is 5.72. The Morgan fingerprint density at radius 3 is 2.11 bits per heavy atom. The standard InChI is InChI=1S/C13H18Br2N2O/c1-7-5-8(14)10(9(15)6-7)17-12(18)11(16)13(2,3)4/h5-6,11H,16H2,1-4H3,(H,17,18)/t11-/m1/s1. The molecule has 3 nitrogen and oxygen atoms in total. The van der Waals surface area contributed by atoms with E-state index >= 15 is 0 Å². The number of carbonyl (C=O) groups excluding carboxylic acids is 1. The van der Waals surface area contributed by atoms with E-state index in [1.54, 1.807) is 0 Å². The molecular formula is C13H18Br2N2O. The molecule has 0 fully saturated rings. The van der Waals surface area contributed by atoms with Gasteiger partial charge in [-0.05, 0) is 61.9 Å². The monoisotopic (exact) mass is 376 g/mol. The Bertz CT molecular complexity index is 444. The Balaban J connectivity index is 2.96. The minimum atomic E-state index is -0.558. The summed E-state index contributed by atoms with van der Waals surface area (Å²) < 4.78 is 1.67. The number of aryl methyl sites for hydroxylation is 1. The number of benzene rings is 1. The molecule has 0 heterocycles. The van der Waals surface area contributed by atoms with Crippen molar-refractivity contribution in [3.8, 4) is 0 Å². The number of carbonyl (C=O) groups is 1. The lowest BCUT2D eigenvalue weighted by Crippen LogP contribution is -2.45. The highest BCUT2D eigenvalue weighted by molar-refractivity contribution is 9.11. The Morgan fingerprint density at radius 1 is 1.28 bits per heavy atom. The fourth-order valence-electron chi connectivity index (χ4n) is 1.41. The predicted octanol–water partition coefficient (Wildman–Crippen LogP) is 3.83. The van der Waals surface area contributed by atoms with E-state index in [9.17, 15) is 4.79 Å². The van der Waals surface area contributed by atoms with Gasteiger partial charge in [0.1, 0.15) is 0 Å². The molecule has 3 N–H and O–H groups in total. The molecule has 1 aromatic rings. The van der Waals surface area contributed by atoms with E-state index < -0.39 is 6.04 Å². The molecule has 1 amide bonds. The highest BCUT2D eigenvalue weighted by Crippen LogP contribution is 2.32. The third-order valence-electron chi connectivity index (χ3n) is 2.65. The summed E-state index contributed by atoms with van der Waals surface area (Å²) in [5, 5.41) is 2.85. The SMILES string of the molecule is Cc1cc(Br)c(NC(=O)[C@@H](N)C(C)(C)C)c(Br)c1. The van der Waals surface area contributed by atoms with Gasteiger partial charge in [-0.15, -0.1) is 0 Å². The van der Waals surface area contributed by atoms with Crippen molar-refractivity contribution in [2.45, 2.75) is 33.7 Å². The Morgan fingerprint density at radius 2 is 1.72 bits per heavy atom. The van der Waals surface area contributed by atoms with E-state index in [2.05, 4.69) is 37.2 Å². The van der Waals surface area contributed by atoms with Gasteiger partial charge in [0.25, 0.3) is 0 Å². The van der Waals surface area contributed by atoms with Crippen LogP contribution in [0.1, 0.15) is 26.3 Å². The van der Waals surface area contributed by atoms with Gasteiger partial charge in [-0.25, -0.2) is 0 Å². The zero-order chi connectivity index (χ0) is 14.1. The van der Waals surface area contributed by atoms with Gasteiger partial charge in [0.15, 0.2) is 0 Å². The van der Waals surface area contributed by atoms with Gasteiger partial charge in [-0.1, -0.05) is 20.8 Å². The van der Waals surface area contributed by atoms with Crippen LogP contribution < -0.4 is 11.1 Å². The predicted molar refractivity (Wildman–Crippen MR) is 82.6 cm³/mol. The topological polar surface area (TPSA) is 55.1 Å². The molecule has 0 aliphatic heterocycles. The molecule has 0 radical (unpaired) electrons. The maximum Gasteiger partial charge on any atom is 0.241 e. The quantitative estimate of drug-likeness (QED) is 0.822. The van der Waals surface area contributed by atoms with E-state index in [1.807, 2.05) is 39.8 Å². The first-order valence-corrected chi connectivity index (χ1v) is 7.23. The first-order valence-electron chi connectivity index (χ1n) is 5.65. The van der Waals surface area contributed by atoms with Crippen LogP contribution in [0.5, 0.6) is 0 Å². The lowest BCUT2D eigenvalue weighted by Gasteiger charge is -2.26. The highest BCUT2D eigenvalue weighted by Gasteiger charge is 2.28. The van der Waals surface area contributed by atoms with Crippen LogP contribution in [0.4, 0.5) is 5.69 Å². The van der Waals surface area contributed by atoms with Gasteiger partial charge in [0.2, 0.25) is 5.91 Å². The molecule has 1 aromatic carbocycles. The van der Waals surface area contributed by atoms with Crippen LogP contribution in [0.3, 0.4) is 0 Å². The molecule has 0 unspecified atom stereocenters. The molecule has 1 atom stereocenters. The normalized spacial score (nSPS) is 13.3. The maximum absolute atomic E-state index is 12.1. The molecule has 5 heteroatoms. The van der Waals surface area contributed by atoms with Crippen LogP contribution in [0.2, 0.25) is 0 Å². The van der Waals surface area contributed by atoms with Crippen molar-refractivity contribution in [3.05, 3.63) is 26.6 Å². The van der Waals surface area contributed by atoms with Crippen molar-refractivity contribution in [2.75, 3.05) is 5.32 Å². The third-order valence-corrected chi connectivity index (χ3v) is 3.90. The fourth-order valence-corrected chi connectivity index (χ4v) is 3.03. The van der Waals surface area contributed by atoms with Crippen LogP contribution in [0.25, 0.3) is 0 Å². The molecule has 0 spiro atoms. The Kier molecular flexibility index (Phi) is 4.98. The van der Waals surface area contributed by atoms with Crippen molar-refractivity contribution >= 4 is 43.5 Å². The van der Waals surface area contributed by atoms with Crippen molar-refractivity contribution < 1.29 is 4.79 Å². The number of rotatable bonds is 2. The van der Waals surface area contributed by atoms with Crippen molar-refractivity contribution in [1.82, 2.24) is 0 Å². The molecule has 0 aromatic heterocycles. The van der Waals surface area contributed by atoms with Crippen LogP contribution in [0.15, 0.2) is 21.1 Å². The number of nitrogens with two attached hydrogens (primary N) is 1. The number of hydrogen-bond donors (Lipinski definition) is 2. The summed E-state index contributed by atoms with van der Waals surface area (Å²) in [5.74, 6) is -0.187. The molecule has 100 valence electrons. The minimum Gasteiger partial charge on any atom is -0.323 e. The number of halogens is 2. The van der Waals surface area contributed by atoms with E-state index in [4.69, 9.17) is 5.73 Å². The van der Waals surface area contributed by atoms with Crippen molar-refractivity contribution in [1.29, 1.82) is 0 Å². The van der Waals surface area contributed by atoms with E-state index in [-0.39, 0.29) is 11.3 Å². The molecule has 0 bridgehead atoms. The molecule has 1 rings (SSSR count). The van der Waals surface area contributed by atoms with E-state index in [0.29, 0.717) is 5.69 Å². The molecule has 0 saturated carbocycles. The highest BCUT2D eigenvalue weighted by atomic mass is 79.9. The largest absolute Gasteiger partial charge is 0.323 e. The Labute approximate surface area is 125 Å². The minimum absolute atomic E-state index is 0.187. The van der Waals surface area contributed by atoms with Gasteiger partial charge < -0.3 is 11.1 Å². The van der Waals surface area contributed by atoms with Crippen LogP contribution in [0, 0.1) is 12.3 Å². The molecular weight excluding hydrogens is 360 g/mol. The lowest BCUT2D eigenvalue weighted by molar-refractivity contribution is -0.119. The number of amides is 1. The Hall–Kier alpha value is -0.390. The first-order chi connectivity index (χ1) is 8.12. The average Bonchev–Trinajstić information content (AvgIpc) is 2.20. The summed E-state index contributed by atoms with van der Waals surface area (Å²) >= 11 is 6.88. The molecule has 18 heavy (non-hydrogen) atoms. The summed E-state index contributed by atoms with van der Waals surface area (Å²) in [6.07, 6.45) is 0. The summed E-state index contributed by atoms with van der Waals surface area (Å²) in [4.78, 5) is 12.1. The van der Waals surface area contributed by atoms with Gasteiger partial charge in [-0.2, -0.15) is 0 Å². The third kappa shape index (κ3) is 3.80. The number of nitrogens with one attached hydrogen (secondary N) is 1. The lowest BCUT2D eigenvalue weighted by atomic mass is 9.87. The number of hydrogen-bond acceptors (Lipinski definition) is 2. The first kappa shape index (κ1) is 15.7. The fraction of sp³-hybridized carbons (Fsp3) is 0.462.